The van der Waals surface area contributed by atoms with Crippen LogP contribution in [0.5, 0.6) is 0 Å². The van der Waals surface area contributed by atoms with Crippen LogP contribution in [-0.4, -0.2) is 62.0 Å². The van der Waals surface area contributed by atoms with E-state index in [0.717, 1.165) is 12.8 Å². The van der Waals surface area contributed by atoms with Crippen LogP contribution >= 0.6 is 0 Å². The van der Waals surface area contributed by atoms with Crippen molar-refractivity contribution in [3.05, 3.63) is 65.7 Å². The van der Waals surface area contributed by atoms with Gasteiger partial charge in [-0.2, -0.15) is 0 Å². The molecule has 1 saturated heterocycles. The Labute approximate surface area is 184 Å². The molecule has 0 spiro atoms. The average Bonchev–Trinajstić information content (AvgIpc) is 2.79. The Morgan fingerprint density at radius 2 is 1.52 bits per heavy atom. The van der Waals surface area contributed by atoms with Crippen LogP contribution in [0.3, 0.4) is 0 Å². The molecule has 31 heavy (non-hydrogen) atoms. The summed E-state index contributed by atoms with van der Waals surface area (Å²) in [5, 5.41) is 0. The maximum absolute atomic E-state index is 13.0. The first kappa shape index (κ1) is 22.8. The number of aryl methyl sites for hydroxylation is 1. The molecule has 0 atom stereocenters. The summed E-state index contributed by atoms with van der Waals surface area (Å²) in [6, 6.07) is 16.7. The molecule has 1 fully saturated rings. The lowest BCUT2D eigenvalue weighted by Crippen LogP contribution is -2.50. The van der Waals surface area contributed by atoms with Crippen molar-refractivity contribution in [3.63, 3.8) is 0 Å². The summed E-state index contributed by atoms with van der Waals surface area (Å²) in [5.41, 5.74) is 1.83. The predicted molar refractivity (Wildman–Crippen MR) is 121 cm³/mol. The molecule has 0 bridgehead atoms. The minimum atomic E-state index is -3.48. The molecule has 0 saturated carbocycles. The van der Waals surface area contributed by atoms with Gasteiger partial charge in [0.15, 0.2) is 0 Å². The summed E-state index contributed by atoms with van der Waals surface area (Å²) < 4.78 is 26.3. The van der Waals surface area contributed by atoms with Crippen molar-refractivity contribution < 1.29 is 18.0 Å². The van der Waals surface area contributed by atoms with Crippen LogP contribution in [0.25, 0.3) is 0 Å². The summed E-state index contributed by atoms with van der Waals surface area (Å²) in [6.45, 7) is 3.37. The fraction of sp³-hybridized carbons (Fsp3) is 0.391. The topological polar surface area (TPSA) is 86.8 Å². The fourth-order valence-corrected chi connectivity index (χ4v) is 4.23. The molecule has 1 aliphatic rings. The molecule has 0 aliphatic carbocycles. The zero-order valence-electron chi connectivity index (χ0n) is 17.8. The first-order valence-electron chi connectivity index (χ1n) is 10.6. The molecule has 0 unspecified atom stereocenters. The Kier molecular flexibility index (Phi) is 7.68. The molecule has 2 amide bonds. The monoisotopic (exact) mass is 443 g/mol. The molecule has 0 radical (unpaired) electrons. The Hall–Kier alpha value is -2.87. The van der Waals surface area contributed by atoms with E-state index in [0.29, 0.717) is 38.2 Å². The van der Waals surface area contributed by atoms with Crippen molar-refractivity contribution in [1.29, 1.82) is 0 Å². The zero-order chi connectivity index (χ0) is 22.3. The van der Waals surface area contributed by atoms with Crippen LogP contribution in [0.15, 0.2) is 54.6 Å². The van der Waals surface area contributed by atoms with Crippen molar-refractivity contribution in [3.8, 4) is 0 Å². The number of carbonyl (C=O) groups excluding carboxylic acids is 2. The summed E-state index contributed by atoms with van der Waals surface area (Å²) in [6.07, 6.45) is 2.16. The Balaban J connectivity index is 1.52. The standard InChI is InChI=1S/C23H29N3O4S/c1-2-31(29,30)24-21-13-7-6-12-20(21)23(28)26-17-15-25(16-18-26)22(27)14-8-11-19-9-4-3-5-10-19/h3-7,9-10,12-13,24H,2,8,11,14-18H2,1H3. The normalized spacial score (nSPS) is 14.4. The molecule has 8 heteroatoms. The van der Waals surface area contributed by atoms with Gasteiger partial charge in [0.2, 0.25) is 15.9 Å². The number of rotatable bonds is 8. The smallest absolute Gasteiger partial charge is 0.256 e. The number of benzene rings is 2. The van der Waals surface area contributed by atoms with Gasteiger partial charge < -0.3 is 9.80 Å². The van der Waals surface area contributed by atoms with Crippen LogP contribution in [0, 0.1) is 0 Å². The Morgan fingerprint density at radius 3 is 2.19 bits per heavy atom. The number of nitrogens with one attached hydrogen (secondary N) is 1. The highest BCUT2D eigenvalue weighted by Gasteiger charge is 2.26. The first-order valence-corrected chi connectivity index (χ1v) is 12.3. The largest absolute Gasteiger partial charge is 0.339 e. The van der Waals surface area contributed by atoms with Gasteiger partial charge in [-0.05, 0) is 37.5 Å². The molecule has 0 aromatic heterocycles. The minimum Gasteiger partial charge on any atom is -0.339 e. The summed E-state index contributed by atoms with van der Waals surface area (Å²) in [4.78, 5) is 29.0. The number of hydrogen-bond donors (Lipinski definition) is 1. The Bertz CT molecular complexity index is 1000. The zero-order valence-corrected chi connectivity index (χ0v) is 18.6. The van der Waals surface area contributed by atoms with E-state index in [2.05, 4.69) is 16.9 Å². The molecule has 1 heterocycles. The van der Waals surface area contributed by atoms with Crippen LogP contribution < -0.4 is 4.72 Å². The minimum absolute atomic E-state index is 0.0689. The summed E-state index contributed by atoms with van der Waals surface area (Å²) in [7, 11) is -3.48. The van der Waals surface area contributed by atoms with Gasteiger partial charge >= 0.3 is 0 Å². The van der Waals surface area contributed by atoms with E-state index in [9.17, 15) is 18.0 Å². The van der Waals surface area contributed by atoms with Gasteiger partial charge in [0.05, 0.1) is 17.0 Å². The number of carbonyl (C=O) groups is 2. The Morgan fingerprint density at radius 1 is 0.903 bits per heavy atom. The third kappa shape index (κ3) is 6.30. The second-order valence-corrected chi connectivity index (χ2v) is 9.57. The summed E-state index contributed by atoms with van der Waals surface area (Å²) in [5.74, 6) is -0.189. The molecule has 2 aromatic rings. The highest BCUT2D eigenvalue weighted by atomic mass is 32.2. The number of anilines is 1. The van der Waals surface area contributed by atoms with Crippen molar-refractivity contribution in [2.45, 2.75) is 26.2 Å². The second kappa shape index (κ2) is 10.4. The maximum atomic E-state index is 13.0. The lowest BCUT2D eigenvalue weighted by atomic mass is 10.1. The molecular weight excluding hydrogens is 414 g/mol. The molecule has 1 N–H and O–H groups in total. The van der Waals surface area contributed by atoms with E-state index in [-0.39, 0.29) is 23.3 Å². The number of amides is 2. The van der Waals surface area contributed by atoms with Gasteiger partial charge in [0.25, 0.3) is 5.91 Å². The number of para-hydroxylation sites is 1. The molecule has 7 nitrogen and oxygen atoms in total. The summed E-state index contributed by atoms with van der Waals surface area (Å²) >= 11 is 0. The highest BCUT2D eigenvalue weighted by molar-refractivity contribution is 7.92. The molecule has 2 aromatic carbocycles. The first-order chi connectivity index (χ1) is 14.9. The number of sulfonamides is 1. The third-order valence-electron chi connectivity index (χ3n) is 5.42. The molecule has 166 valence electrons. The van der Waals surface area contributed by atoms with E-state index in [1.54, 1.807) is 41.0 Å². The van der Waals surface area contributed by atoms with Crippen LogP contribution in [0.4, 0.5) is 5.69 Å². The SMILES string of the molecule is CCS(=O)(=O)Nc1ccccc1C(=O)N1CCN(C(=O)CCCc2ccccc2)CC1. The number of piperazine rings is 1. The third-order valence-corrected chi connectivity index (χ3v) is 6.71. The average molecular weight is 444 g/mol. The van der Waals surface area contributed by atoms with Gasteiger partial charge in [-0.3, -0.25) is 14.3 Å². The number of hydrogen-bond acceptors (Lipinski definition) is 4. The van der Waals surface area contributed by atoms with Gasteiger partial charge in [0, 0.05) is 32.6 Å². The van der Waals surface area contributed by atoms with Crippen molar-refractivity contribution in [2.24, 2.45) is 0 Å². The molecule has 3 rings (SSSR count). The molecule has 1 aliphatic heterocycles. The van der Waals surface area contributed by atoms with E-state index in [4.69, 9.17) is 0 Å². The van der Waals surface area contributed by atoms with Gasteiger partial charge in [-0.1, -0.05) is 42.5 Å². The predicted octanol–water partition coefficient (Wildman–Crippen LogP) is 2.76. The van der Waals surface area contributed by atoms with Crippen LogP contribution in [0.2, 0.25) is 0 Å². The van der Waals surface area contributed by atoms with Crippen molar-refractivity contribution in [2.75, 3.05) is 36.7 Å². The van der Waals surface area contributed by atoms with E-state index in [1.165, 1.54) is 5.56 Å². The van der Waals surface area contributed by atoms with E-state index in [1.807, 2.05) is 18.2 Å². The highest BCUT2D eigenvalue weighted by Crippen LogP contribution is 2.20. The molecular formula is C23H29N3O4S. The van der Waals surface area contributed by atoms with E-state index >= 15 is 0 Å². The van der Waals surface area contributed by atoms with Crippen LogP contribution in [0.1, 0.15) is 35.7 Å². The quantitative estimate of drug-likeness (QED) is 0.680. The van der Waals surface area contributed by atoms with E-state index < -0.39 is 10.0 Å². The lowest BCUT2D eigenvalue weighted by Gasteiger charge is -2.35. The van der Waals surface area contributed by atoms with Crippen molar-refractivity contribution >= 4 is 27.5 Å². The lowest BCUT2D eigenvalue weighted by molar-refractivity contribution is -0.132. The fourth-order valence-electron chi connectivity index (χ4n) is 3.57. The maximum Gasteiger partial charge on any atom is 0.256 e. The van der Waals surface area contributed by atoms with Gasteiger partial charge in [0.1, 0.15) is 0 Å². The van der Waals surface area contributed by atoms with Gasteiger partial charge in [-0.15, -0.1) is 0 Å². The van der Waals surface area contributed by atoms with Gasteiger partial charge in [-0.25, -0.2) is 8.42 Å². The van der Waals surface area contributed by atoms with Crippen molar-refractivity contribution in [1.82, 2.24) is 9.80 Å². The van der Waals surface area contributed by atoms with Crippen LogP contribution in [-0.2, 0) is 21.2 Å². The second-order valence-electron chi connectivity index (χ2n) is 7.56. The number of nitrogens with zero attached hydrogens (tertiary/aromatic N) is 2.